The lowest BCUT2D eigenvalue weighted by Crippen LogP contribution is -2.08. The number of ketones is 1. The number of aromatic nitrogens is 2. The number of allylic oxidation sites excluding steroid dienone is 2. The minimum Gasteiger partial charge on any atom is -0.287 e. The molecule has 2 rings (SSSR count). The maximum absolute atomic E-state index is 12.2. The van der Waals surface area contributed by atoms with Gasteiger partial charge in [0.25, 0.3) is 0 Å². The third kappa shape index (κ3) is 3.22. The summed E-state index contributed by atoms with van der Waals surface area (Å²) in [5.41, 5.74) is 2.23. The van der Waals surface area contributed by atoms with Gasteiger partial charge in [-0.15, -0.1) is 0 Å². The first kappa shape index (κ1) is 12.0. The Labute approximate surface area is 102 Å². The standard InChI is InChI=1S/C14H18N2O/c1-11-9-16-13(10-15-11)14(17)12-7-5-3-2-4-6-8-12/h7,9-10H,2-6,8H2,1H3. The summed E-state index contributed by atoms with van der Waals surface area (Å²) in [7, 11) is 0. The Hall–Kier alpha value is -1.51. The average Bonchev–Trinajstić information content (AvgIpc) is 2.29. The van der Waals surface area contributed by atoms with Crippen molar-refractivity contribution in [3.63, 3.8) is 0 Å². The highest BCUT2D eigenvalue weighted by molar-refractivity contribution is 6.07. The Morgan fingerprint density at radius 1 is 1.12 bits per heavy atom. The zero-order valence-electron chi connectivity index (χ0n) is 10.3. The highest BCUT2D eigenvalue weighted by Gasteiger charge is 2.14. The van der Waals surface area contributed by atoms with E-state index in [1.807, 2.05) is 6.92 Å². The van der Waals surface area contributed by atoms with Crippen LogP contribution in [0.2, 0.25) is 0 Å². The lowest BCUT2D eigenvalue weighted by Gasteiger charge is -2.09. The molecule has 17 heavy (non-hydrogen) atoms. The summed E-state index contributed by atoms with van der Waals surface area (Å²) in [6, 6.07) is 0. The van der Waals surface area contributed by atoms with Gasteiger partial charge in [0.15, 0.2) is 0 Å². The second-order valence-electron chi connectivity index (χ2n) is 4.55. The number of hydrogen-bond acceptors (Lipinski definition) is 3. The van der Waals surface area contributed by atoms with Crippen LogP contribution in [0.4, 0.5) is 0 Å². The number of carbonyl (C=O) groups excluding carboxylic acids is 1. The van der Waals surface area contributed by atoms with E-state index < -0.39 is 0 Å². The molecule has 1 aromatic heterocycles. The van der Waals surface area contributed by atoms with E-state index in [9.17, 15) is 4.79 Å². The van der Waals surface area contributed by atoms with Crippen molar-refractivity contribution in [3.05, 3.63) is 35.4 Å². The van der Waals surface area contributed by atoms with E-state index >= 15 is 0 Å². The SMILES string of the molecule is Cc1cnc(C(=O)C2=CCCCCCC2)cn1. The lowest BCUT2D eigenvalue weighted by molar-refractivity contribution is 0.102. The van der Waals surface area contributed by atoms with Crippen LogP contribution in [0.3, 0.4) is 0 Å². The molecule has 0 amide bonds. The maximum Gasteiger partial charge on any atom is 0.208 e. The fourth-order valence-corrected chi connectivity index (χ4v) is 2.07. The van der Waals surface area contributed by atoms with Crippen molar-refractivity contribution in [1.29, 1.82) is 0 Å². The van der Waals surface area contributed by atoms with Crippen LogP contribution in [0.1, 0.15) is 54.7 Å². The van der Waals surface area contributed by atoms with Crippen LogP contribution >= 0.6 is 0 Å². The molecule has 1 aliphatic carbocycles. The monoisotopic (exact) mass is 230 g/mol. The fraction of sp³-hybridized carbons (Fsp3) is 0.500. The van der Waals surface area contributed by atoms with Crippen LogP contribution in [0.15, 0.2) is 24.0 Å². The van der Waals surface area contributed by atoms with Gasteiger partial charge in [0.2, 0.25) is 5.78 Å². The van der Waals surface area contributed by atoms with Crippen LogP contribution in [-0.4, -0.2) is 15.8 Å². The van der Waals surface area contributed by atoms with Crippen molar-refractivity contribution in [2.45, 2.75) is 45.4 Å². The third-order valence-electron chi connectivity index (χ3n) is 3.10. The summed E-state index contributed by atoms with van der Waals surface area (Å²) < 4.78 is 0. The average molecular weight is 230 g/mol. The van der Waals surface area contributed by atoms with E-state index in [1.165, 1.54) is 19.3 Å². The van der Waals surface area contributed by atoms with Gasteiger partial charge in [-0.05, 0) is 38.2 Å². The zero-order valence-corrected chi connectivity index (χ0v) is 10.3. The Kier molecular flexibility index (Phi) is 4.02. The van der Waals surface area contributed by atoms with Gasteiger partial charge >= 0.3 is 0 Å². The molecule has 0 radical (unpaired) electrons. The number of carbonyl (C=O) groups is 1. The number of aryl methyl sites for hydroxylation is 1. The lowest BCUT2D eigenvalue weighted by atomic mass is 9.96. The molecule has 1 aliphatic rings. The van der Waals surface area contributed by atoms with Gasteiger partial charge in [0.1, 0.15) is 5.69 Å². The predicted molar refractivity (Wildman–Crippen MR) is 66.9 cm³/mol. The van der Waals surface area contributed by atoms with Crippen LogP contribution < -0.4 is 0 Å². The van der Waals surface area contributed by atoms with E-state index in [1.54, 1.807) is 12.4 Å². The highest BCUT2D eigenvalue weighted by Crippen LogP contribution is 2.19. The summed E-state index contributed by atoms with van der Waals surface area (Å²) in [5, 5.41) is 0. The normalized spacial score (nSPS) is 16.9. The van der Waals surface area contributed by atoms with Crippen LogP contribution in [0, 0.1) is 6.92 Å². The third-order valence-corrected chi connectivity index (χ3v) is 3.10. The molecule has 0 aliphatic heterocycles. The highest BCUT2D eigenvalue weighted by atomic mass is 16.1. The Balaban J connectivity index is 2.15. The first-order chi connectivity index (χ1) is 8.27. The zero-order chi connectivity index (χ0) is 12.1. The van der Waals surface area contributed by atoms with Crippen molar-refractivity contribution in [2.24, 2.45) is 0 Å². The number of Topliss-reactive ketones (excluding diaryl/α,β-unsaturated/α-hetero) is 1. The quantitative estimate of drug-likeness (QED) is 0.732. The van der Waals surface area contributed by atoms with E-state index in [4.69, 9.17) is 0 Å². The molecule has 0 saturated heterocycles. The molecule has 3 heteroatoms. The number of nitrogens with zero attached hydrogens (tertiary/aromatic N) is 2. The first-order valence-electron chi connectivity index (χ1n) is 6.30. The van der Waals surface area contributed by atoms with E-state index in [0.29, 0.717) is 5.69 Å². The minimum absolute atomic E-state index is 0.0550. The molecule has 0 unspecified atom stereocenters. The molecule has 90 valence electrons. The van der Waals surface area contributed by atoms with Crippen molar-refractivity contribution < 1.29 is 4.79 Å². The van der Waals surface area contributed by atoms with Crippen molar-refractivity contribution in [3.8, 4) is 0 Å². The fourth-order valence-electron chi connectivity index (χ4n) is 2.07. The van der Waals surface area contributed by atoms with Crippen LogP contribution in [0.5, 0.6) is 0 Å². The molecule has 0 spiro atoms. The molecule has 0 aromatic carbocycles. The number of rotatable bonds is 2. The van der Waals surface area contributed by atoms with Gasteiger partial charge in [-0.25, -0.2) is 4.98 Å². The van der Waals surface area contributed by atoms with E-state index in [-0.39, 0.29) is 5.78 Å². The minimum atomic E-state index is 0.0550. The second kappa shape index (κ2) is 5.71. The van der Waals surface area contributed by atoms with Gasteiger partial charge in [-0.2, -0.15) is 0 Å². The van der Waals surface area contributed by atoms with Crippen LogP contribution in [-0.2, 0) is 0 Å². The molecule has 0 saturated carbocycles. The van der Waals surface area contributed by atoms with E-state index in [2.05, 4.69) is 16.0 Å². The molecule has 0 atom stereocenters. The predicted octanol–water partition coefficient (Wildman–Crippen LogP) is 3.25. The molecule has 0 fully saturated rings. The summed E-state index contributed by atoms with van der Waals surface area (Å²) >= 11 is 0. The van der Waals surface area contributed by atoms with Gasteiger partial charge in [0.05, 0.1) is 11.9 Å². The van der Waals surface area contributed by atoms with Crippen molar-refractivity contribution in [1.82, 2.24) is 9.97 Å². The smallest absolute Gasteiger partial charge is 0.208 e. The topological polar surface area (TPSA) is 42.9 Å². The maximum atomic E-state index is 12.2. The van der Waals surface area contributed by atoms with Gasteiger partial charge in [0, 0.05) is 6.20 Å². The molecule has 0 bridgehead atoms. The van der Waals surface area contributed by atoms with Crippen LogP contribution in [0.25, 0.3) is 0 Å². The summed E-state index contributed by atoms with van der Waals surface area (Å²) in [6.45, 7) is 1.87. The molecular weight excluding hydrogens is 212 g/mol. The first-order valence-corrected chi connectivity index (χ1v) is 6.30. The van der Waals surface area contributed by atoms with Gasteiger partial charge in [-0.3, -0.25) is 9.78 Å². The Morgan fingerprint density at radius 2 is 1.94 bits per heavy atom. The Morgan fingerprint density at radius 3 is 2.71 bits per heavy atom. The Bertz CT molecular complexity index is 420. The second-order valence-corrected chi connectivity index (χ2v) is 4.55. The van der Waals surface area contributed by atoms with Gasteiger partial charge in [-0.1, -0.05) is 18.9 Å². The van der Waals surface area contributed by atoms with Crippen molar-refractivity contribution in [2.75, 3.05) is 0 Å². The largest absolute Gasteiger partial charge is 0.287 e. The molecular formula is C14H18N2O. The molecule has 1 heterocycles. The summed E-state index contributed by atoms with van der Waals surface area (Å²) in [6.07, 6.45) is 12.0. The van der Waals surface area contributed by atoms with Gasteiger partial charge < -0.3 is 0 Å². The summed E-state index contributed by atoms with van der Waals surface area (Å²) in [4.78, 5) is 20.5. The molecule has 3 nitrogen and oxygen atoms in total. The molecule has 0 N–H and O–H groups in total. The van der Waals surface area contributed by atoms with E-state index in [0.717, 1.165) is 30.5 Å². The summed E-state index contributed by atoms with van der Waals surface area (Å²) in [5.74, 6) is 0.0550. The number of hydrogen-bond donors (Lipinski definition) is 0. The molecule has 1 aromatic rings. The van der Waals surface area contributed by atoms with Crippen molar-refractivity contribution >= 4 is 5.78 Å².